The fourth-order valence-corrected chi connectivity index (χ4v) is 3.13. The molecule has 0 spiro atoms. The molecule has 1 fully saturated rings. The number of hydrogen-bond acceptors (Lipinski definition) is 2. The number of amides is 1. The van der Waals surface area contributed by atoms with Crippen molar-refractivity contribution in [2.45, 2.75) is 19.3 Å². The summed E-state index contributed by atoms with van der Waals surface area (Å²) in [6.45, 7) is 0. The van der Waals surface area contributed by atoms with E-state index in [0.29, 0.717) is 12.8 Å². The van der Waals surface area contributed by atoms with Crippen LogP contribution >= 0.6 is 0 Å². The van der Waals surface area contributed by atoms with E-state index in [9.17, 15) is 14.7 Å². The molecular weight excluding hydrogens is 266 g/mol. The Labute approximate surface area is 122 Å². The van der Waals surface area contributed by atoms with Gasteiger partial charge in [-0.1, -0.05) is 42.8 Å². The minimum absolute atomic E-state index is 0.184. The molecule has 0 radical (unpaired) electrons. The molecule has 0 heterocycles. The standard InChI is InChI=1S/C17H17NO3/c19-16(13-8-4-9-14(13)17(20)21)18-15-10-3-6-11-5-1-2-7-12(11)15/h1-3,5-7,10,13-14H,4,8-9H2,(H,18,19)(H,20,21). The van der Waals surface area contributed by atoms with Gasteiger partial charge in [-0.05, 0) is 24.3 Å². The van der Waals surface area contributed by atoms with Gasteiger partial charge < -0.3 is 10.4 Å². The van der Waals surface area contributed by atoms with Gasteiger partial charge in [0.25, 0.3) is 0 Å². The van der Waals surface area contributed by atoms with Crippen molar-refractivity contribution in [3.05, 3.63) is 42.5 Å². The largest absolute Gasteiger partial charge is 0.481 e. The molecule has 3 rings (SSSR count). The number of benzene rings is 2. The molecule has 108 valence electrons. The molecule has 2 unspecified atom stereocenters. The predicted octanol–water partition coefficient (Wildman–Crippen LogP) is 3.28. The van der Waals surface area contributed by atoms with E-state index in [0.717, 1.165) is 22.9 Å². The number of hydrogen-bond donors (Lipinski definition) is 2. The van der Waals surface area contributed by atoms with Crippen molar-refractivity contribution in [1.29, 1.82) is 0 Å². The fourth-order valence-electron chi connectivity index (χ4n) is 3.13. The average molecular weight is 283 g/mol. The zero-order valence-electron chi connectivity index (χ0n) is 11.6. The second-order valence-corrected chi connectivity index (χ2v) is 5.50. The molecule has 2 aromatic rings. The van der Waals surface area contributed by atoms with E-state index in [1.807, 2.05) is 42.5 Å². The topological polar surface area (TPSA) is 66.4 Å². The van der Waals surface area contributed by atoms with Crippen molar-refractivity contribution >= 4 is 28.3 Å². The molecule has 0 saturated heterocycles. The highest BCUT2D eigenvalue weighted by Crippen LogP contribution is 2.33. The van der Waals surface area contributed by atoms with Gasteiger partial charge in [-0.3, -0.25) is 9.59 Å². The zero-order valence-corrected chi connectivity index (χ0v) is 11.6. The van der Waals surface area contributed by atoms with Gasteiger partial charge in [-0.25, -0.2) is 0 Å². The van der Waals surface area contributed by atoms with Crippen molar-refractivity contribution in [1.82, 2.24) is 0 Å². The smallest absolute Gasteiger partial charge is 0.307 e. The van der Waals surface area contributed by atoms with Crippen molar-refractivity contribution < 1.29 is 14.7 Å². The number of carboxylic acids is 1. The van der Waals surface area contributed by atoms with E-state index < -0.39 is 17.8 Å². The molecule has 4 heteroatoms. The first-order valence-electron chi connectivity index (χ1n) is 7.18. The maximum Gasteiger partial charge on any atom is 0.307 e. The Morgan fingerprint density at radius 3 is 2.52 bits per heavy atom. The number of aliphatic carboxylic acids is 1. The number of rotatable bonds is 3. The summed E-state index contributed by atoms with van der Waals surface area (Å²) in [5, 5.41) is 14.1. The van der Waals surface area contributed by atoms with Gasteiger partial charge in [-0.15, -0.1) is 0 Å². The van der Waals surface area contributed by atoms with E-state index in [4.69, 9.17) is 0 Å². The summed E-state index contributed by atoms with van der Waals surface area (Å²) in [7, 11) is 0. The highest BCUT2D eigenvalue weighted by atomic mass is 16.4. The van der Waals surface area contributed by atoms with Gasteiger partial charge in [0, 0.05) is 11.1 Å². The number of carbonyl (C=O) groups is 2. The molecule has 1 aliphatic carbocycles. The van der Waals surface area contributed by atoms with E-state index in [-0.39, 0.29) is 5.91 Å². The van der Waals surface area contributed by atoms with E-state index >= 15 is 0 Å². The Morgan fingerprint density at radius 1 is 1.00 bits per heavy atom. The lowest BCUT2D eigenvalue weighted by Crippen LogP contribution is -2.30. The van der Waals surface area contributed by atoms with Gasteiger partial charge in [0.2, 0.25) is 5.91 Å². The Bertz CT molecular complexity index is 690. The summed E-state index contributed by atoms with van der Waals surface area (Å²) in [5.41, 5.74) is 0.745. The van der Waals surface area contributed by atoms with Gasteiger partial charge in [0.05, 0.1) is 11.8 Å². The number of fused-ring (bicyclic) bond motifs is 1. The third kappa shape index (κ3) is 2.61. The van der Waals surface area contributed by atoms with Crippen LogP contribution in [0.3, 0.4) is 0 Å². The van der Waals surface area contributed by atoms with Crippen molar-refractivity contribution in [3.8, 4) is 0 Å². The van der Waals surface area contributed by atoms with Crippen LogP contribution in [0.5, 0.6) is 0 Å². The van der Waals surface area contributed by atoms with Gasteiger partial charge >= 0.3 is 5.97 Å². The minimum atomic E-state index is -0.870. The molecule has 21 heavy (non-hydrogen) atoms. The molecule has 4 nitrogen and oxygen atoms in total. The van der Waals surface area contributed by atoms with E-state index in [2.05, 4.69) is 5.32 Å². The number of carboxylic acid groups (broad SMARTS) is 1. The number of anilines is 1. The predicted molar refractivity (Wildman–Crippen MR) is 81.0 cm³/mol. The maximum atomic E-state index is 12.4. The molecule has 1 amide bonds. The second-order valence-electron chi connectivity index (χ2n) is 5.50. The average Bonchev–Trinajstić information content (AvgIpc) is 2.97. The first kappa shape index (κ1) is 13.6. The van der Waals surface area contributed by atoms with Gasteiger partial charge in [0.1, 0.15) is 0 Å². The highest BCUT2D eigenvalue weighted by Gasteiger charge is 2.37. The summed E-state index contributed by atoms with van der Waals surface area (Å²) in [6, 6.07) is 13.5. The van der Waals surface area contributed by atoms with Crippen LogP contribution in [0.25, 0.3) is 10.8 Å². The molecular formula is C17H17NO3. The van der Waals surface area contributed by atoms with Gasteiger partial charge in [0.15, 0.2) is 0 Å². The molecule has 1 aliphatic rings. The van der Waals surface area contributed by atoms with Crippen LogP contribution in [0.15, 0.2) is 42.5 Å². The van der Waals surface area contributed by atoms with Crippen LogP contribution in [0, 0.1) is 11.8 Å². The third-order valence-corrected chi connectivity index (χ3v) is 4.22. The second kappa shape index (κ2) is 5.56. The Kier molecular flexibility index (Phi) is 3.60. The summed E-state index contributed by atoms with van der Waals surface area (Å²) in [4.78, 5) is 23.6. The normalized spacial score (nSPS) is 21.3. The Morgan fingerprint density at radius 2 is 1.71 bits per heavy atom. The van der Waals surface area contributed by atoms with Crippen LogP contribution in [-0.2, 0) is 9.59 Å². The lowest BCUT2D eigenvalue weighted by atomic mass is 9.95. The van der Waals surface area contributed by atoms with Crippen molar-refractivity contribution in [2.75, 3.05) is 5.32 Å². The first-order chi connectivity index (χ1) is 10.2. The first-order valence-corrected chi connectivity index (χ1v) is 7.18. The minimum Gasteiger partial charge on any atom is -0.481 e. The molecule has 1 saturated carbocycles. The van der Waals surface area contributed by atoms with Crippen LogP contribution < -0.4 is 5.32 Å². The zero-order chi connectivity index (χ0) is 14.8. The molecule has 2 N–H and O–H groups in total. The van der Waals surface area contributed by atoms with Crippen molar-refractivity contribution in [2.24, 2.45) is 11.8 Å². The summed E-state index contributed by atoms with van der Waals surface area (Å²) in [5.74, 6) is -2.04. The molecule has 2 aromatic carbocycles. The van der Waals surface area contributed by atoms with Crippen molar-refractivity contribution in [3.63, 3.8) is 0 Å². The lowest BCUT2D eigenvalue weighted by Gasteiger charge is -2.16. The molecule has 0 aromatic heterocycles. The van der Waals surface area contributed by atoms with Crippen LogP contribution in [-0.4, -0.2) is 17.0 Å². The highest BCUT2D eigenvalue weighted by molar-refractivity contribution is 6.03. The van der Waals surface area contributed by atoms with Crippen LogP contribution in [0.2, 0.25) is 0 Å². The Balaban J connectivity index is 1.85. The molecule has 0 bridgehead atoms. The SMILES string of the molecule is O=C(O)C1CCCC1C(=O)Nc1cccc2ccccc12. The van der Waals surface area contributed by atoms with Crippen LogP contribution in [0.1, 0.15) is 19.3 Å². The molecule has 0 aliphatic heterocycles. The third-order valence-electron chi connectivity index (χ3n) is 4.22. The summed E-state index contributed by atoms with van der Waals surface area (Å²) >= 11 is 0. The number of nitrogens with one attached hydrogen (secondary N) is 1. The Hall–Kier alpha value is -2.36. The quantitative estimate of drug-likeness (QED) is 0.908. The van der Waals surface area contributed by atoms with Crippen LogP contribution in [0.4, 0.5) is 5.69 Å². The maximum absolute atomic E-state index is 12.4. The lowest BCUT2D eigenvalue weighted by molar-refractivity contribution is -0.145. The van der Waals surface area contributed by atoms with Gasteiger partial charge in [-0.2, -0.15) is 0 Å². The monoisotopic (exact) mass is 283 g/mol. The number of carbonyl (C=O) groups excluding carboxylic acids is 1. The summed E-state index contributed by atoms with van der Waals surface area (Å²) in [6.07, 6.45) is 2.03. The fraction of sp³-hybridized carbons (Fsp3) is 0.294. The molecule has 2 atom stereocenters. The summed E-state index contributed by atoms with van der Waals surface area (Å²) < 4.78 is 0. The van der Waals surface area contributed by atoms with E-state index in [1.165, 1.54) is 0 Å². The van der Waals surface area contributed by atoms with E-state index in [1.54, 1.807) is 0 Å².